The molecule has 0 nitrogen and oxygen atoms in total. The molecule has 2 aliphatic carbocycles. The summed E-state index contributed by atoms with van der Waals surface area (Å²) < 4.78 is 0. The zero-order chi connectivity index (χ0) is 21.7. The molecule has 1 saturated carbocycles. The van der Waals surface area contributed by atoms with Crippen LogP contribution in [0.3, 0.4) is 0 Å². The second kappa shape index (κ2) is 14.2. The van der Waals surface area contributed by atoms with Crippen LogP contribution in [-0.4, -0.2) is 0 Å². The molecule has 2 aliphatic rings. The van der Waals surface area contributed by atoms with Gasteiger partial charge in [-0.15, -0.1) is 0 Å². The molecule has 1 unspecified atom stereocenters. The Hall–Kier alpha value is -1.04. The maximum absolute atomic E-state index is 2.54. The standard InChI is InChI=1S/C31H50/c1-3-5-6-7-8-9-10-11-13-27-16-20-29(21-17-27)31-24-22-30(23-25-31)28-18-14-26(12-4-2)15-19-28/h18,22-27,29H,3-17,19-21H2,1-2H3. The van der Waals surface area contributed by atoms with Crippen molar-refractivity contribution in [2.75, 3.05) is 0 Å². The molecule has 0 spiro atoms. The number of benzene rings is 1. The van der Waals surface area contributed by atoms with Gasteiger partial charge in [0.2, 0.25) is 0 Å². The summed E-state index contributed by atoms with van der Waals surface area (Å²) in [5.41, 5.74) is 4.70. The Kier molecular flexibility index (Phi) is 11.3. The summed E-state index contributed by atoms with van der Waals surface area (Å²) in [6.07, 6.45) is 28.1. The molecule has 0 aliphatic heterocycles. The van der Waals surface area contributed by atoms with Crippen LogP contribution in [0.1, 0.15) is 146 Å². The fourth-order valence-corrected chi connectivity index (χ4v) is 6.14. The predicted molar refractivity (Wildman–Crippen MR) is 139 cm³/mol. The average Bonchev–Trinajstić information content (AvgIpc) is 2.82. The highest BCUT2D eigenvalue weighted by molar-refractivity contribution is 5.66. The van der Waals surface area contributed by atoms with Crippen molar-refractivity contribution in [2.24, 2.45) is 11.8 Å². The van der Waals surface area contributed by atoms with E-state index < -0.39 is 0 Å². The highest BCUT2D eigenvalue weighted by atomic mass is 14.3. The Morgan fingerprint density at radius 3 is 1.94 bits per heavy atom. The molecule has 0 amide bonds. The number of hydrogen-bond acceptors (Lipinski definition) is 0. The Balaban J connectivity index is 1.33. The van der Waals surface area contributed by atoms with E-state index in [1.54, 1.807) is 11.1 Å². The summed E-state index contributed by atoms with van der Waals surface area (Å²) in [6, 6.07) is 9.76. The highest BCUT2D eigenvalue weighted by Gasteiger charge is 2.22. The molecule has 0 bridgehead atoms. The van der Waals surface area contributed by atoms with Gasteiger partial charge >= 0.3 is 0 Å². The van der Waals surface area contributed by atoms with Crippen LogP contribution in [-0.2, 0) is 0 Å². The lowest BCUT2D eigenvalue weighted by molar-refractivity contribution is 0.301. The van der Waals surface area contributed by atoms with Gasteiger partial charge in [0, 0.05) is 0 Å². The summed E-state index contributed by atoms with van der Waals surface area (Å²) in [6.45, 7) is 4.63. The summed E-state index contributed by atoms with van der Waals surface area (Å²) in [5, 5.41) is 0. The first-order valence-corrected chi connectivity index (χ1v) is 14.1. The van der Waals surface area contributed by atoms with Crippen molar-refractivity contribution in [3.63, 3.8) is 0 Å². The van der Waals surface area contributed by atoms with Crippen molar-refractivity contribution in [2.45, 2.75) is 135 Å². The van der Waals surface area contributed by atoms with Gasteiger partial charge in [0.05, 0.1) is 0 Å². The monoisotopic (exact) mass is 422 g/mol. The number of hydrogen-bond donors (Lipinski definition) is 0. The van der Waals surface area contributed by atoms with Crippen LogP contribution >= 0.6 is 0 Å². The minimum atomic E-state index is 0.818. The molecule has 0 heteroatoms. The number of unbranched alkanes of at least 4 members (excludes halogenated alkanes) is 7. The van der Waals surface area contributed by atoms with Crippen molar-refractivity contribution < 1.29 is 0 Å². The molecule has 3 rings (SSSR count). The van der Waals surface area contributed by atoms with E-state index in [9.17, 15) is 0 Å². The molecule has 0 heterocycles. The van der Waals surface area contributed by atoms with Gasteiger partial charge in [0.15, 0.2) is 0 Å². The molecular formula is C31H50. The molecule has 174 valence electrons. The molecule has 0 N–H and O–H groups in total. The van der Waals surface area contributed by atoms with Crippen LogP contribution in [0, 0.1) is 11.8 Å². The Bertz CT molecular complexity index is 614. The van der Waals surface area contributed by atoms with E-state index in [4.69, 9.17) is 0 Å². The Morgan fingerprint density at radius 2 is 1.32 bits per heavy atom. The largest absolute Gasteiger partial charge is 0.0804 e. The van der Waals surface area contributed by atoms with Gasteiger partial charge in [-0.05, 0) is 79.4 Å². The average molecular weight is 423 g/mol. The fraction of sp³-hybridized carbons (Fsp3) is 0.742. The number of rotatable bonds is 13. The highest BCUT2D eigenvalue weighted by Crippen LogP contribution is 2.39. The summed E-state index contributed by atoms with van der Waals surface area (Å²) in [7, 11) is 0. The molecule has 0 saturated heterocycles. The summed E-state index contributed by atoms with van der Waals surface area (Å²) >= 11 is 0. The number of allylic oxidation sites excluding steroid dienone is 2. The fourth-order valence-electron chi connectivity index (χ4n) is 6.14. The van der Waals surface area contributed by atoms with Crippen LogP contribution in [0.2, 0.25) is 0 Å². The first-order chi connectivity index (χ1) is 15.3. The van der Waals surface area contributed by atoms with Crippen LogP contribution in [0.5, 0.6) is 0 Å². The first-order valence-electron chi connectivity index (χ1n) is 14.1. The Morgan fingerprint density at radius 1 is 0.645 bits per heavy atom. The SMILES string of the molecule is CCCCCCCCCCC1CCC(c2ccc(C3=CCC(CCC)CC3)cc2)CC1. The van der Waals surface area contributed by atoms with Gasteiger partial charge in [-0.3, -0.25) is 0 Å². The molecule has 1 aromatic rings. The van der Waals surface area contributed by atoms with E-state index in [0.29, 0.717) is 0 Å². The second-order valence-corrected chi connectivity index (χ2v) is 10.8. The third-order valence-corrected chi connectivity index (χ3v) is 8.28. The molecule has 31 heavy (non-hydrogen) atoms. The van der Waals surface area contributed by atoms with Gasteiger partial charge in [-0.1, -0.05) is 115 Å². The Labute approximate surface area is 194 Å². The lowest BCUT2D eigenvalue weighted by Crippen LogP contribution is -2.13. The maximum atomic E-state index is 2.54. The zero-order valence-corrected chi connectivity index (χ0v) is 20.8. The van der Waals surface area contributed by atoms with E-state index in [-0.39, 0.29) is 0 Å². The minimum Gasteiger partial charge on any atom is -0.0804 e. The molecule has 1 aromatic carbocycles. The molecule has 0 radical (unpaired) electrons. The van der Waals surface area contributed by atoms with Gasteiger partial charge in [0.25, 0.3) is 0 Å². The van der Waals surface area contributed by atoms with Gasteiger partial charge in [0.1, 0.15) is 0 Å². The van der Waals surface area contributed by atoms with Gasteiger partial charge in [-0.25, -0.2) is 0 Å². The predicted octanol–water partition coefficient (Wildman–Crippen LogP) is 10.5. The zero-order valence-electron chi connectivity index (χ0n) is 20.8. The van der Waals surface area contributed by atoms with Crippen LogP contribution in [0.25, 0.3) is 5.57 Å². The normalized spacial score (nSPS) is 24.2. The minimum absolute atomic E-state index is 0.818. The smallest absolute Gasteiger partial charge is 0.0162 e. The van der Waals surface area contributed by atoms with E-state index in [0.717, 1.165) is 17.8 Å². The maximum Gasteiger partial charge on any atom is -0.0162 e. The third kappa shape index (κ3) is 8.43. The van der Waals surface area contributed by atoms with E-state index in [2.05, 4.69) is 44.2 Å². The van der Waals surface area contributed by atoms with E-state index >= 15 is 0 Å². The summed E-state index contributed by atoms with van der Waals surface area (Å²) in [5.74, 6) is 2.77. The third-order valence-electron chi connectivity index (χ3n) is 8.28. The van der Waals surface area contributed by atoms with Crippen LogP contribution in [0.4, 0.5) is 0 Å². The quantitative estimate of drug-likeness (QED) is 0.277. The van der Waals surface area contributed by atoms with E-state index in [1.165, 1.54) is 121 Å². The molecule has 1 fully saturated rings. The first kappa shape index (κ1) is 24.6. The topological polar surface area (TPSA) is 0 Å². The molecule has 0 aromatic heterocycles. The van der Waals surface area contributed by atoms with Crippen LogP contribution in [0.15, 0.2) is 30.3 Å². The molecular weight excluding hydrogens is 372 g/mol. The lowest BCUT2D eigenvalue weighted by atomic mass is 9.76. The molecule has 1 atom stereocenters. The van der Waals surface area contributed by atoms with Gasteiger partial charge < -0.3 is 0 Å². The van der Waals surface area contributed by atoms with Crippen molar-refractivity contribution in [3.8, 4) is 0 Å². The summed E-state index contributed by atoms with van der Waals surface area (Å²) in [4.78, 5) is 0. The van der Waals surface area contributed by atoms with Crippen molar-refractivity contribution in [1.29, 1.82) is 0 Å². The lowest BCUT2D eigenvalue weighted by Gasteiger charge is -2.29. The van der Waals surface area contributed by atoms with Crippen molar-refractivity contribution in [3.05, 3.63) is 41.5 Å². The van der Waals surface area contributed by atoms with Crippen LogP contribution < -0.4 is 0 Å². The van der Waals surface area contributed by atoms with Crippen molar-refractivity contribution in [1.82, 2.24) is 0 Å². The van der Waals surface area contributed by atoms with E-state index in [1.807, 2.05) is 0 Å². The second-order valence-electron chi connectivity index (χ2n) is 10.8. The van der Waals surface area contributed by atoms with Crippen molar-refractivity contribution >= 4 is 5.57 Å². The van der Waals surface area contributed by atoms with Gasteiger partial charge in [-0.2, -0.15) is 0 Å².